The highest BCUT2D eigenvalue weighted by molar-refractivity contribution is 6.04. The zero-order chi connectivity index (χ0) is 15.8. The quantitative estimate of drug-likeness (QED) is 0.782. The summed E-state index contributed by atoms with van der Waals surface area (Å²) in [5.41, 5.74) is 0.808. The van der Waals surface area contributed by atoms with Gasteiger partial charge >= 0.3 is 5.97 Å². The minimum absolute atomic E-state index is 0.000539. The van der Waals surface area contributed by atoms with Gasteiger partial charge in [-0.25, -0.2) is 0 Å². The Morgan fingerprint density at radius 3 is 2.43 bits per heavy atom. The molecule has 114 valence electrons. The minimum atomic E-state index is -0.448. The van der Waals surface area contributed by atoms with Crippen LogP contribution in [0.15, 0.2) is 24.3 Å². The van der Waals surface area contributed by atoms with Crippen molar-refractivity contribution in [3.05, 3.63) is 29.8 Å². The topological polar surface area (TPSA) is 84.5 Å². The summed E-state index contributed by atoms with van der Waals surface area (Å²) >= 11 is 0. The molecule has 6 heteroatoms. The van der Waals surface area contributed by atoms with Crippen molar-refractivity contribution in [2.75, 3.05) is 12.4 Å². The molecule has 0 fully saturated rings. The molecule has 0 aliphatic heterocycles. The monoisotopic (exact) mass is 292 g/mol. The standard InChI is InChI=1S/C15H20N2O4/c1-10(2)16-15(20)11-6-4-5-7-12(11)17-13(18)8-9-14(19)21-3/h4-7,10H,8-9H2,1-3H3,(H,16,20)(H,17,18). The smallest absolute Gasteiger partial charge is 0.306 e. The van der Waals surface area contributed by atoms with E-state index in [1.807, 2.05) is 13.8 Å². The summed E-state index contributed by atoms with van der Waals surface area (Å²) in [6.07, 6.45) is 0.00942. The van der Waals surface area contributed by atoms with Crippen molar-refractivity contribution in [1.82, 2.24) is 5.32 Å². The molecular formula is C15H20N2O4. The molecule has 0 aromatic heterocycles. The van der Waals surface area contributed by atoms with Gasteiger partial charge in [0.1, 0.15) is 0 Å². The van der Waals surface area contributed by atoms with Crippen LogP contribution in [0.2, 0.25) is 0 Å². The molecular weight excluding hydrogens is 272 g/mol. The van der Waals surface area contributed by atoms with Crippen molar-refractivity contribution in [3.63, 3.8) is 0 Å². The number of carbonyl (C=O) groups excluding carboxylic acids is 3. The number of para-hydroxylation sites is 1. The SMILES string of the molecule is COC(=O)CCC(=O)Nc1ccccc1C(=O)NC(C)C. The van der Waals surface area contributed by atoms with Crippen molar-refractivity contribution >= 4 is 23.5 Å². The molecule has 0 aliphatic rings. The van der Waals surface area contributed by atoms with Gasteiger partial charge in [0.05, 0.1) is 24.8 Å². The second-order valence-electron chi connectivity index (χ2n) is 4.80. The molecule has 1 rings (SSSR count). The summed E-state index contributed by atoms with van der Waals surface area (Å²) in [6, 6.07) is 6.72. The van der Waals surface area contributed by atoms with Gasteiger partial charge in [0.15, 0.2) is 0 Å². The second-order valence-corrected chi connectivity index (χ2v) is 4.80. The van der Waals surface area contributed by atoms with E-state index in [1.165, 1.54) is 7.11 Å². The molecule has 1 aromatic rings. The molecule has 6 nitrogen and oxygen atoms in total. The Morgan fingerprint density at radius 2 is 1.81 bits per heavy atom. The molecule has 1 aromatic carbocycles. The Kier molecular flexibility index (Phi) is 6.39. The van der Waals surface area contributed by atoms with Gasteiger partial charge in [-0.15, -0.1) is 0 Å². The van der Waals surface area contributed by atoms with Gasteiger partial charge in [-0.2, -0.15) is 0 Å². The van der Waals surface area contributed by atoms with E-state index in [1.54, 1.807) is 24.3 Å². The van der Waals surface area contributed by atoms with Crippen LogP contribution < -0.4 is 10.6 Å². The molecule has 0 saturated heterocycles. The third kappa shape index (κ3) is 5.64. The number of amides is 2. The molecule has 0 heterocycles. The predicted octanol–water partition coefficient (Wildman–Crippen LogP) is 1.72. The maximum Gasteiger partial charge on any atom is 0.306 e. The summed E-state index contributed by atoms with van der Waals surface area (Å²) < 4.78 is 4.47. The average Bonchev–Trinajstić information content (AvgIpc) is 2.44. The van der Waals surface area contributed by atoms with E-state index in [0.717, 1.165) is 0 Å². The van der Waals surface area contributed by atoms with Crippen LogP contribution in [-0.4, -0.2) is 30.9 Å². The van der Waals surface area contributed by atoms with Crippen molar-refractivity contribution in [2.45, 2.75) is 32.7 Å². The molecule has 0 radical (unpaired) electrons. The first-order valence-corrected chi connectivity index (χ1v) is 6.70. The van der Waals surface area contributed by atoms with Crippen molar-refractivity contribution in [2.24, 2.45) is 0 Å². The van der Waals surface area contributed by atoms with Crippen LogP contribution in [0.25, 0.3) is 0 Å². The van der Waals surface area contributed by atoms with E-state index in [9.17, 15) is 14.4 Å². The zero-order valence-electron chi connectivity index (χ0n) is 12.4. The first kappa shape index (κ1) is 16.7. The van der Waals surface area contributed by atoms with Gasteiger partial charge in [-0.05, 0) is 26.0 Å². The van der Waals surface area contributed by atoms with E-state index >= 15 is 0 Å². The molecule has 2 amide bonds. The third-order valence-corrected chi connectivity index (χ3v) is 2.65. The van der Waals surface area contributed by atoms with E-state index in [2.05, 4.69) is 15.4 Å². The van der Waals surface area contributed by atoms with Crippen molar-refractivity contribution in [3.8, 4) is 0 Å². The maximum atomic E-state index is 12.0. The highest BCUT2D eigenvalue weighted by Gasteiger charge is 2.14. The van der Waals surface area contributed by atoms with Gasteiger partial charge in [-0.1, -0.05) is 12.1 Å². The zero-order valence-corrected chi connectivity index (χ0v) is 12.4. The Bertz CT molecular complexity index is 526. The molecule has 0 aliphatic carbocycles. The lowest BCUT2D eigenvalue weighted by atomic mass is 10.1. The number of ether oxygens (including phenoxy) is 1. The summed E-state index contributed by atoms with van der Waals surface area (Å²) in [7, 11) is 1.27. The molecule has 2 N–H and O–H groups in total. The molecule has 0 unspecified atom stereocenters. The molecule has 0 atom stereocenters. The van der Waals surface area contributed by atoms with Crippen LogP contribution in [0.1, 0.15) is 37.0 Å². The minimum Gasteiger partial charge on any atom is -0.469 e. The van der Waals surface area contributed by atoms with Crippen LogP contribution >= 0.6 is 0 Å². The number of rotatable bonds is 6. The number of esters is 1. The summed E-state index contributed by atoms with van der Waals surface area (Å²) in [5, 5.41) is 5.40. The third-order valence-electron chi connectivity index (χ3n) is 2.65. The number of hydrogen-bond acceptors (Lipinski definition) is 4. The van der Waals surface area contributed by atoms with Gasteiger partial charge in [0.25, 0.3) is 5.91 Å². The van der Waals surface area contributed by atoms with Crippen molar-refractivity contribution < 1.29 is 19.1 Å². The fourth-order valence-corrected chi connectivity index (χ4v) is 1.66. The number of methoxy groups -OCH3 is 1. The van der Waals surface area contributed by atoms with E-state index in [-0.39, 0.29) is 30.7 Å². The first-order chi connectivity index (χ1) is 9.93. The lowest BCUT2D eigenvalue weighted by Crippen LogP contribution is -2.31. The lowest BCUT2D eigenvalue weighted by molar-refractivity contribution is -0.141. The van der Waals surface area contributed by atoms with E-state index < -0.39 is 5.97 Å². The molecule has 0 saturated carbocycles. The Labute approximate surface area is 123 Å². The van der Waals surface area contributed by atoms with Gasteiger partial charge in [-0.3, -0.25) is 14.4 Å². The number of hydrogen-bond donors (Lipinski definition) is 2. The summed E-state index contributed by atoms with van der Waals surface area (Å²) in [6.45, 7) is 3.71. The first-order valence-electron chi connectivity index (χ1n) is 6.70. The van der Waals surface area contributed by atoms with Crippen molar-refractivity contribution in [1.29, 1.82) is 0 Å². The predicted molar refractivity (Wildman–Crippen MR) is 78.9 cm³/mol. The van der Waals surface area contributed by atoms with Gasteiger partial charge in [0.2, 0.25) is 5.91 Å². The Hall–Kier alpha value is -2.37. The Morgan fingerprint density at radius 1 is 1.14 bits per heavy atom. The Balaban J connectivity index is 2.72. The highest BCUT2D eigenvalue weighted by atomic mass is 16.5. The largest absolute Gasteiger partial charge is 0.469 e. The van der Waals surface area contributed by atoms with Crippen LogP contribution in [0.5, 0.6) is 0 Å². The number of carbonyl (C=O) groups is 3. The van der Waals surface area contributed by atoms with E-state index in [4.69, 9.17) is 0 Å². The number of benzene rings is 1. The second kappa shape index (κ2) is 8.04. The maximum absolute atomic E-state index is 12.0. The fraction of sp³-hybridized carbons (Fsp3) is 0.400. The number of nitrogens with one attached hydrogen (secondary N) is 2. The van der Waals surface area contributed by atoms with E-state index in [0.29, 0.717) is 11.3 Å². The van der Waals surface area contributed by atoms with Gasteiger partial charge < -0.3 is 15.4 Å². The van der Waals surface area contributed by atoms with Crippen LogP contribution in [0.3, 0.4) is 0 Å². The fourth-order valence-electron chi connectivity index (χ4n) is 1.66. The lowest BCUT2D eigenvalue weighted by Gasteiger charge is -2.13. The average molecular weight is 292 g/mol. The summed E-state index contributed by atoms with van der Waals surface area (Å²) in [4.78, 5) is 34.8. The molecule has 21 heavy (non-hydrogen) atoms. The highest BCUT2D eigenvalue weighted by Crippen LogP contribution is 2.15. The van der Waals surface area contributed by atoms with Crippen LogP contribution in [0, 0.1) is 0 Å². The molecule has 0 bridgehead atoms. The summed E-state index contributed by atoms with van der Waals surface area (Å²) in [5.74, 6) is -1.05. The normalized spacial score (nSPS) is 10.1. The van der Waals surface area contributed by atoms with Gasteiger partial charge in [0, 0.05) is 12.5 Å². The molecule has 0 spiro atoms. The van der Waals surface area contributed by atoms with Crippen LogP contribution in [-0.2, 0) is 14.3 Å². The number of anilines is 1. The van der Waals surface area contributed by atoms with Crippen LogP contribution in [0.4, 0.5) is 5.69 Å².